The van der Waals surface area contributed by atoms with Gasteiger partial charge in [-0.2, -0.15) is 0 Å². The second kappa shape index (κ2) is 7.00. The number of methoxy groups -OCH3 is 1. The van der Waals surface area contributed by atoms with Crippen LogP contribution in [0, 0.1) is 6.92 Å². The number of amides is 1. The molecule has 2 aromatic rings. The third-order valence-corrected chi connectivity index (χ3v) is 4.27. The molecule has 0 N–H and O–H groups in total. The Morgan fingerprint density at radius 3 is 3.00 bits per heavy atom. The Balaban J connectivity index is 1.84. The number of aryl methyl sites for hydroxylation is 1. The second-order valence-corrected chi connectivity index (χ2v) is 5.96. The van der Waals surface area contributed by atoms with E-state index in [-0.39, 0.29) is 17.5 Å². The van der Waals surface area contributed by atoms with Crippen molar-refractivity contribution in [1.82, 2.24) is 14.6 Å². The van der Waals surface area contributed by atoms with Gasteiger partial charge in [0.15, 0.2) is 0 Å². The molecule has 128 valence electrons. The van der Waals surface area contributed by atoms with Gasteiger partial charge in [-0.15, -0.1) is 0 Å². The van der Waals surface area contributed by atoms with Crippen LogP contribution in [0.5, 0.6) is 0 Å². The fourth-order valence-electron chi connectivity index (χ4n) is 3.05. The van der Waals surface area contributed by atoms with E-state index in [2.05, 4.69) is 5.16 Å². The molecule has 24 heavy (non-hydrogen) atoms. The summed E-state index contributed by atoms with van der Waals surface area (Å²) >= 11 is 0. The summed E-state index contributed by atoms with van der Waals surface area (Å²) in [6.45, 7) is 3.35. The lowest BCUT2D eigenvalue weighted by Gasteiger charge is -2.23. The topological polar surface area (TPSA) is 77.6 Å². The van der Waals surface area contributed by atoms with Gasteiger partial charge in [0.05, 0.1) is 18.2 Å². The van der Waals surface area contributed by atoms with Crippen LogP contribution in [0.3, 0.4) is 0 Å². The molecule has 0 spiro atoms. The summed E-state index contributed by atoms with van der Waals surface area (Å²) in [5.41, 5.74) is 1.14. The number of ether oxygens (including phenoxy) is 1. The maximum atomic E-state index is 12.9. The zero-order valence-corrected chi connectivity index (χ0v) is 13.9. The van der Waals surface area contributed by atoms with Crippen LogP contribution in [-0.4, -0.2) is 40.8 Å². The number of nitrogens with zero attached hydrogens (tertiary/aromatic N) is 3. The minimum atomic E-state index is -0.145. The number of carbonyl (C=O) groups excluding carboxylic acids is 1. The third kappa shape index (κ3) is 3.26. The minimum absolute atomic E-state index is 0.0747. The molecule has 2 aromatic heterocycles. The Kier molecular flexibility index (Phi) is 4.80. The summed E-state index contributed by atoms with van der Waals surface area (Å²) in [6.07, 6.45) is 3.39. The standard InChI is InChI=1S/C17H21N3O4/c1-12-10-14(18-24-12)15-4-3-7-20(15)17(22)13-5-6-16(21)19(11-13)8-9-23-2/h5-6,10-11,15H,3-4,7-9H2,1-2H3/t15-/m1/s1. The van der Waals surface area contributed by atoms with Gasteiger partial charge in [0.25, 0.3) is 11.5 Å². The van der Waals surface area contributed by atoms with E-state index < -0.39 is 0 Å². The van der Waals surface area contributed by atoms with E-state index in [0.29, 0.717) is 25.3 Å². The minimum Gasteiger partial charge on any atom is -0.383 e. The Morgan fingerprint density at radius 1 is 1.46 bits per heavy atom. The van der Waals surface area contributed by atoms with Crippen LogP contribution in [-0.2, 0) is 11.3 Å². The van der Waals surface area contributed by atoms with Crippen molar-refractivity contribution >= 4 is 5.91 Å². The van der Waals surface area contributed by atoms with Crippen LogP contribution in [0.1, 0.15) is 40.7 Å². The van der Waals surface area contributed by atoms with Crippen molar-refractivity contribution in [1.29, 1.82) is 0 Å². The quantitative estimate of drug-likeness (QED) is 0.834. The van der Waals surface area contributed by atoms with Crippen molar-refractivity contribution in [3.8, 4) is 0 Å². The fourth-order valence-corrected chi connectivity index (χ4v) is 3.05. The molecule has 1 fully saturated rings. The predicted molar refractivity (Wildman–Crippen MR) is 86.8 cm³/mol. The second-order valence-electron chi connectivity index (χ2n) is 5.96. The van der Waals surface area contributed by atoms with Crippen molar-refractivity contribution in [2.75, 3.05) is 20.3 Å². The number of hydrogen-bond donors (Lipinski definition) is 0. The van der Waals surface area contributed by atoms with Crippen LogP contribution in [0.2, 0.25) is 0 Å². The Bertz CT molecular complexity index is 780. The monoisotopic (exact) mass is 331 g/mol. The summed E-state index contributed by atoms with van der Waals surface area (Å²) in [6, 6.07) is 4.80. The van der Waals surface area contributed by atoms with Crippen LogP contribution in [0.4, 0.5) is 0 Å². The average molecular weight is 331 g/mol. The van der Waals surface area contributed by atoms with Crippen LogP contribution >= 0.6 is 0 Å². The number of carbonyl (C=O) groups is 1. The molecule has 0 unspecified atom stereocenters. The lowest BCUT2D eigenvalue weighted by Crippen LogP contribution is -2.32. The summed E-state index contributed by atoms with van der Waals surface area (Å²) in [7, 11) is 1.58. The van der Waals surface area contributed by atoms with Gasteiger partial charge in [0.2, 0.25) is 0 Å². The molecule has 0 bridgehead atoms. The summed E-state index contributed by atoms with van der Waals surface area (Å²) in [4.78, 5) is 26.6. The molecule has 7 nitrogen and oxygen atoms in total. The molecule has 0 aliphatic carbocycles. The van der Waals surface area contributed by atoms with E-state index in [1.54, 1.807) is 24.3 Å². The lowest BCUT2D eigenvalue weighted by molar-refractivity contribution is 0.0729. The van der Waals surface area contributed by atoms with Gasteiger partial charge in [0, 0.05) is 38.5 Å². The summed E-state index contributed by atoms with van der Waals surface area (Å²) in [5.74, 6) is 0.640. The molecular formula is C17H21N3O4. The highest BCUT2D eigenvalue weighted by atomic mass is 16.5. The third-order valence-electron chi connectivity index (χ3n) is 4.27. The van der Waals surface area contributed by atoms with E-state index in [1.807, 2.05) is 13.0 Å². The molecule has 3 heterocycles. The van der Waals surface area contributed by atoms with Gasteiger partial charge in [-0.05, 0) is 25.8 Å². The zero-order chi connectivity index (χ0) is 17.1. The van der Waals surface area contributed by atoms with Crippen LogP contribution in [0.15, 0.2) is 33.7 Å². The lowest BCUT2D eigenvalue weighted by atomic mass is 10.1. The van der Waals surface area contributed by atoms with Gasteiger partial charge in [-0.1, -0.05) is 5.16 Å². The highest BCUT2D eigenvalue weighted by Crippen LogP contribution is 2.32. The normalized spacial score (nSPS) is 17.4. The first-order valence-corrected chi connectivity index (χ1v) is 8.04. The Hall–Kier alpha value is -2.41. The van der Waals surface area contributed by atoms with E-state index >= 15 is 0 Å². The number of hydrogen-bond acceptors (Lipinski definition) is 5. The van der Waals surface area contributed by atoms with Crippen molar-refractivity contribution in [3.63, 3.8) is 0 Å². The average Bonchev–Trinajstić information content (AvgIpc) is 3.22. The molecule has 1 aliphatic rings. The highest BCUT2D eigenvalue weighted by Gasteiger charge is 2.32. The van der Waals surface area contributed by atoms with Crippen molar-refractivity contribution < 1.29 is 14.1 Å². The van der Waals surface area contributed by atoms with Gasteiger partial charge >= 0.3 is 0 Å². The maximum absolute atomic E-state index is 12.9. The summed E-state index contributed by atoms with van der Waals surface area (Å²) < 4.78 is 11.6. The van der Waals surface area contributed by atoms with Crippen molar-refractivity contribution in [2.45, 2.75) is 32.4 Å². The van der Waals surface area contributed by atoms with E-state index in [9.17, 15) is 9.59 Å². The van der Waals surface area contributed by atoms with Gasteiger partial charge in [0.1, 0.15) is 11.5 Å². The first kappa shape index (κ1) is 16.4. The molecule has 0 radical (unpaired) electrons. The number of rotatable bonds is 5. The fraction of sp³-hybridized carbons (Fsp3) is 0.471. The predicted octanol–water partition coefficient (Wildman–Crippen LogP) is 1.77. The van der Waals surface area contributed by atoms with Gasteiger partial charge < -0.3 is 18.7 Å². The van der Waals surface area contributed by atoms with Crippen LogP contribution in [0.25, 0.3) is 0 Å². The first-order chi connectivity index (χ1) is 11.6. The van der Waals surface area contributed by atoms with E-state index in [4.69, 9.17) is 9.26 Å². The first-order valence-electron chi connectivity index (χ1n) is 8.04. The smallest absolute Gasteiger partial charge is 0.255 e. The molecular weight excluding hydrogens is 310 g/mol. The summed E-state index contributed by atoms with van der Waals surface area (Å²) in [5, 5.41) is 4.06. The van der Waals surface area contributed by atoms with E-state index in [1.165, 1.54) is 10.6 Å². The van der Waals surface area contributed by atoms with Crippen LogP contribution < -0.4 is 5.56 Å². The molecule has 1 saturated heterocycles. The molecule has 1 amide bonds. The molecule has 0 saturated carbocycles. The maximum Gasteiger partial charge on any atom is 0.255 e. The van der Waals surface area contributed by atoms with Gasteiger partial charge in [-0.3, -0.25) is 9.59 Å². The SMILES string of the molecule is COCCn1cc(C(=O)N2CCC[C@@H]2c2cc(C)on2)ccc1=O. The van der Waals surface area contributed by atoms with Crippen molar-refractivity contribution in [3.05, 3.63) is 51.8 Å². The number of likely N-dealkylation sites (tertiary alicyclic amines) is 1. The molecule has 1 atom stereocenters. The highest BCUT2D eigenvalue weighted by molar-refractivity contribution is 5.94. The molecule has 3 rings (SSSR count). The molecule has 1 aliphatic heterocycles. The Labute approximate surface area is 139 Å². The number of aromatic nitrogens is 2. The number of pyridine rings is 1. The Morgan fingerprint density at radius 2 is 2.29 bits per heavy atom. The zero-order valence-electron chi connectivity index (χ0n) is 13.9. The molecule has 0 aromatic carbocycles. The van der Waals surface area contributed by atoms with Crippen molar-refractivity contribution in [2.24, 2.45) is 0 Å². The van der Waals surface area contributed by atoms with E-state index in [0.717, 1.165) is 24.3 Å². The largest absolute Gasteiger partial charge is 0.383 e. The van der Waals surface area contributed by atoms with Gasteiger partial charge in [-0.25, -0.2) is 0 Å². The molecule has 7 heteroatoms.